The summed E-state index contributed by atoms with van der Waals surface area (Å²) < 4.78 is 39.1. The van der Waals surface area contributed by atoms with Crippen molar-refractivity contribution in [1.82, 2.24) is 25.1 Å². The molecule has 0 radical (unpaired) electrons. The number of benzene rings is 1. The Bertz CT molecular complexity index is 1490. The van der Waals surface area contributed by atoms with Crippen molar-refractivity contribution in [2.24, 2.45) is 0 Å². The number of carbonyl (C=O) groups excluding carboxylic acids is 1. The van der Waals surface area contributed by atoms with E-state index in [2.05, 4.69) is 46.4 Å². The molecule has 10 nitrogen and oxygen atoms in total. The first-order chi connectivity index (χ1) is 18.6. The molecule has 5 rings (SSSR count). The molecule has 3 heterocycles. The molecule has 2 amide bonds. The number of carbonyl (C=O) groups is 1. The van der Waals surface area contributed by atoms with Crippen LogP contribution in [0.5, 0.6) is 0 Å². The number of anilines is 6. The van der Waals surface area contributed by atoms with Crippen LogP contribution in [0.1, 0.15) is 42.1 Å². The molecule has 1 aliphatic carbocycles. The van der Waals surface area contributed by atoms with Gasteiger partial charge in [-0.1, -0.05) is 18.0 Å². The van der Waals surface area contributed by atoms with E-state index in [-0.39, 0.29) is 11.5 Å². The van der Waals surface area contributed by atoms with Crippen molar-refractivity contribution in [3.8, 4) is 0 Å². The van der Waals surface area contributed by atoms with Crippen molar-refractivity contribution in [2.75, 3.05) is 21.3 Å². The zero-order chi connectivity index (χ0) is 27.6. The molecule has 0 aliphatic heterocycles. The number of aryl methyl sites for hydroxylation is 1. The summed E-state index contributed by atoms with van der Waals surface area (Å²) in [5, 5.41) is 18.0. The summed E-state index contributed by atoms with van der Waals surface area (Å²) in [5.41, 5.74) is 1.27. The molecular formula is C25H23ClF3N9O. The van der Waals surface area contributed by atoms with Crippen LogP contribution in [-0.2, 0) is 6.18 Å². The van der Waals surface area contributed by atoms with E-state index in [0.29, 0.717) is 29.2 Å². The predicted molar refractivity (Wildman–Crippen MR) is 142 cm³/mol. The minimum Gasteiger partial charge on any atom is -0.323 e. The van der Waals surface area contributed by atoms with Crippen LogP contribution in [0, 0.1) is 6.92 Å². The smallest absolute Gasteiger partial charge is 0.323 e. The monoisotopic (exact) mass is 557 g/mol. The number of aromatic nitrogens is 5. The maximum atomic E-state index is 13.0. The number of amides is 2. The molecule has 0 unspecified atom stereocenters. The highest BCUT2D eigenvalue weighted by molar-refractivity contribution is 6.31. The Kier molecular flexibility index (Phi) is 7.24. The average Bonchev–Trinajstić information content (AvgIpc) is 3.26. The van der Waals surface area contributed by atoms with Gasteiger partial charge in [-0.2, -0.15) is 23.3 Å². The first-order valence-electron chi connectivity index (χ1n) is 12.0. The molecule has 4 aromatic rings. The number of pyridine rings is 1. The quantitative estimate of drug-likeness (QED) is 0.166. The normalized spacial score (nSPS) is 13.5. The number of nitrogens with zero attached hydrogens (tertiary/aromatic N) is 4. The molecule has 1 aliphatic rings. The van der Waals surface area contributed by atoms with Crippen molar-refractivity contribution in [1.29, 1.82) is 0 Å². The van der Waals surface area contributed by atoms with Gasteiger partial charge in [0.25, 0.3) is 0 Å². The van der Waals surface area contributed by atoms with Gasteiger partial charge in [0.15, 0.2) is 5.82 Å². The topological polar surface area (TPSA) is 133 Å². The van der Waals surface area contributed by atoms with Gasteiger partial charge in [-0.05, 0) is 50.1 Å². The van der Waals surface area contributed by atoms with E-state index in [9.17, 15) is 18.0 Å². The molecule has 0 bridgehead atoms. The maximum Gasteiger partial charge on any atom is 0.417 e. The molecule has 0 saturated heterocycles. The number of nitrogens with one attached hydrogen (secondary N) is 5. The van der Waals surface area contributed by atoms with Crippen LogP contribution in [0.2, 0.25) is 5.02 Å². The van der Waals surface area contributed by atoms with Gasteiger partial charge in [-0.25, -0.2) is 14.8 Å². The van der Waals surface area contributed by atoms with Crippen LogP contribution in [-0.4, -0.2) is 31.2 Å². The van der Waals surface area contributed by atoms with Crippen molar-refractivity contribution in [3.63, 3.8) is 0 Å². The van der Waals surface area contributed by atoms with Gasteiger partial charge in [0, 0.05) is 35.1 Å². The van der Waals surface area contributed by atoms with Gasteiger partial charge in [0.2, 0.25) is 5.95 Å². The lowest BCUT2D eigenvalue weighted by Gasteiger charge is -2.23. The molecule has 0 atom stereocenters. The highest BCUT2D eigenvalue weighted by Crippen LogP contribution is 2.37. The van der Waals surface area contributed by atoms with Crippen LogP contribution < -0.4 is 21.3 Å². The molecule has 202 valence electrons. The van der Waals surface area contributed by atoms with Crippen molar-refractivity contribution in [2.45, 2.75) is 38.3 Å². The fourth-order valence-corrected chi connectivity index (χ4v) is 4.14. The summed E-state index contributed by atoms with van der Waals surface area (Å²) in [6.45, 7) is 1.84. The maximum absolute atomic E-state index is 13.0. The molecule has 3 aromatic heterocycles. The Hall–Kier alpha value is -4.39. The zero-order valence-corrected chi connectivity index (χ0v) is 21.3. The molecule has 39 heavy (non-hydrogen) atoms. The number of hydrogen-bond acceptors (Lipinski definition) is 7. The van der Waals surface area contributed by atoms with Gasteiger partial charge in [0.1, 0.15) is 11.6 Å². The number of urea groups is 1. The summed E-state index contributed by atoms with van der Waals surface area (Å²) in [5.74, 6) is 2.28. The largest absolute Gasteiger partial charge is 0.417 e. The van der Waals surface area contributed by atoms with Crippen LogP contribution >= 0.6 is 11.6 Å². The van der Waals surface area contributed by atoms with E-state index in [0.717, 1.165) is 23.5 Å². The summed E-state index contributed by atoms with van der Waals surface area (Å²) in [4.78, 5) is 25.3. The third kappa shape index (κ3) is 6.55. The first-order valence-corrected chi connectivity index (χ1v) is 12.4. The molecule has 0 spiro atoms. The van der Waals surface area contributed by atoms with Gasteiger partial charge in [-0.3, -0.25) is 10.4 Å². The van der Waals surface area contributed by atoms with E-state index in [1.54, 1.807) is 12.1 Å². The Labute approximate surface area is 225 Å². The zero-order valence-electron chi connectivity index (χ0n) is 20.5. The van der Waals surface area contributed by atoms with Gasteiger partial charge < -0.3 is 16.0 Å². The van der Waals surface area contributed by atoms with E-state index in [4.69, 9.17) is 11.6 Å². The molecule has 1 aromatic carbocycles. The lowest BCUT2D eigenvalue weighted by Crippen LogP contribution is -2.20. The van der Waals surface area contributed by atoms with Crippen molar-refractivity contribution < 1.29 is 18.0 Å². The Morgan fingerprint density at radius 3 is 2.46 bits per heavy atom. The summed E-state index contributed by atoms with van der Waals surface area (Å²) in [6.07, 6.45) is 0.380. The number of H-pyrrole nitrogens is 1. The van der Waals surface area contributed by atoms with Gasteiger partial charge in [0.05, 0.1) is 22.5 Å². The highest BCUT2D eigenvalue weighted by Gasteiger charge is 2.33. The van der Waals surface area contributed by atoms with Crippen molar-refractivity contribution >= 4 is 52.4 Å². The lowest BCUT2D eigenvalue weighted by atomic mass is 9.83. The van der Waals surface area contributed by atoms with Gasteiger partial charge >= 0.3 is 12.2 Å². The highest BCUT2D eigenvalue weighted by atomic mass is 35.5. The van der Waals surface area contributed by atoms with E-state index in [1.165, 1.54) is 37.6 Å². The SMILES string of the molecule is Cc1cc(Nc2cc(C3CCC3)[nH]n2)nc(Nc2ccc(NC(=O)Nc3ccc(Cl)c(C(F)(F)F)c3)nc2)n1. The van der Waals surface area contributed by atoms with Crippen LogP contribution in [0.3, 0.4) is 0 Å². The number of aromatic amines is 1. The third-order valence-electron chi connectivity index (χ3n) is 6.04. The third-order valence-corrected chi connectivity index (χ3v) is 6.37. The average molecular weight is 558 g/mol. The summed E-state index contributed by atoms with van der Waals surface area (Å²) in [6, 6.07) is 9.27. The van der Waals surface area contributed by atoms with Gasteiger partial charge in [-0.15, -0.1) is 0 Å². The fourth-order valence-electron chi connectivity index (χ4n) is 3.92. The predicted octanol–water partition coefficient (Wildman–Crippen LogP) is 6.97. The van der Waals surface area contributed by atoms with E-state index < -0.39 is 22.8 Å². The summed E-state index contributed by atoms with van der Waals surface area (Å²) >= 11 is 5.61. The Morgan fingerprint density at radius 2 is 1.77 bits per heavy atom. The number of hydrogen-bond donors (Lipinski definition) is 5. The lowest BCUT2D eigenvalue weighted by molar-refractivity contribution is -0.137. The number of alkyl halides is 3. The second-order valence-electron chi connectivity index (χ2n) is 9.01. The minimum absolute atomic E-state index is 0.0716. The molecular weight excluding hydrogens is 535 g/mol. The minimum atomic E-state index is -4.65. The van der Waals surface area contributed by atoms with Crippen LogP contribution in [0.25, 0.3) is 0 Å². The van der Waals surface area contributed by atoms with Crippen molar-refractivity contribution in [3.05, 3.63) is 70.6 Å². The molecule has 1 saturated carbocycles. The second kappa shape index (κ2) is 10.8. The number of rotatable bonds is 7. The van der Waals surface area contributed by atoms with E-state index >= 15 is 0 Å². The summed E-state index contributed by atoms with van der Waals surface area (Å²) in [7, 11) is 0. The number of halogens is 4. The Balaban J connectivity index is 1.19. The van der Waals surface area contributed by atoms with Crippen LogP contribution in [0.4, 0.5) is 52.7 Å². The second-order valence-corrected chi connectivity index (χ2v) is 9.42. The standard InChI is InChI=1S/C25H23ClF3N9O/c1-13-9-21(34-22-11-19(37-38-22)14-3-2-4-14)35-23(31-13)32-16-6-8-20(30-12-16)36-24(39)33-15-5-7-18(26)17(10-15)25(27,28)29/h5-12,14H,2-4H2,1H3,(H2,30,33,36,39)(H3,31,32,34,35,37,38). The van der Waals surface area contributed by atoms with E-state index in [1.807, 2.05) is 13.0 Å². The molecule has 1 fully saturated rings. The molecule has 5 N–H and O–H groups in total. The molecule has 14 heteroatoms. The van der Waals surface area contributed by atoms with Crippen LogP contribution in [0.15, 0.2) is 48.7 Å². The first kappa shape index (κ1) is 26.2. The Morgan fingerprint density at radius 1 is 0.974 bits per heavy atom. The fraction of sp³-hybridized carbons (Fsp3) is 0.240.